The van der Waals surface area contributed by atoms with E-state index in [2.05, 4.69) is 65.8 Å². The van der Waals surface area contributed by atoms with E-state index in [0.717, 1.165) is 79.9 Å². The molecule has 318 valence electrons. The molecule has 0 nitrogen and oxygen atoms in total. The number of hydrogen-bond donors (Lipinski definition) is 0. The topological polar surface area (TPSA) is 0 Å². The molecule has 9 heteroatoms. The molecule has 0 bridgehead atoms. The maximum atomic E-state index is 14.7. The number of benzene rings is 6. The van der Waals surface area contributed by atoms with Crippen LogP contribution in [0, 0.1) is 0 Å². The molecule has 0 spiro atoms. The summed E-state index contributed by atoms with van der Waals surface area (Å²) < 4.78 is 86.7. The van der Waals surface area contributed by atoms with Crippen molar-refractivity contribution in [1.82, 2.24) is 0 Å². The van der Waals surface area contributed by atoms with E-state index in [9.17, 15) is 26.3 Å². The molecule has 0 unspecified atom stereocenters. The van der Waals surface area contributed by atoms with Crippen molar-refractivity contribution >= 4 is 20.2 Å². The van der Waals surface area contributed by atoms with Gasteiger partial charge in [0.25, 0.3) is 0 Å². The molecule has 62 heavy (non-hydrogen) atoms. The van der Waals surface area contributed by atoms with E-state index < -0.39 is 46.6 Å². The molecule has 0 aromatic heterocycles. The first-order valence-electron chi connectivity index (χ1n) is 20.6. The second-order valence-electron chi connectivity index (χ2n) is 18.6. The van der Waals surface area contributed by atoms with Crippen LogP contribution in [0.15, 0.2) is 158 Å². The minimum absolute atomic E-state index is 0.0303. The molecular formula is C53H46Cl2F6Zr. The van der Waals surface area contributed by atoms with E-state index >= 15 is 0 Å². The molecule has 2 aliphatic rings. The van der Waals surface area contributed by atoms with E-state index in [1.165, 1.54) is 24.3 Å². The van der Waals surface area contributed by atoms with Gasteiger partial charge >= 0.3 is 370 Å². The van der Waals surface area contributed by atoms with E-state index in [4.69, 9.17) is 17.0 Å². The number of fused-ring (bicyclic) bond motifs is 3. The van der Waals surface area contributed by atoms with Crippen molar-refractivity contribution in [2.24, 2.45) is 0 Å². The molecule has 0 fully saturated rings. The summed E-state index contributed by atoms with van der Waals surface area (Å²) in [5.41, 5.74) is 6.72. The van der Waals surface area contributed by atoms with Crippen LogP contribution in [-0.4, -0.2) is 3.21 Å². The summed E-state index contributed by atoms with van der Waals surface area (Å²) in [6.45, 7) is 12.9. The number of allylic oxidation sites excluding steroid dienone is 4. The van der Waals surface area contributed by atoms with Crippen LogP contribution >= 0.6 is 17.0 Å². The quantitative estimate of drug-likeness (QED) is 0.146. The summed E-state index contributed by atoms with van der Waals surface area (Å²) in [6, 6.07) is 38.1. The molecule has 0 saturated heterocycles. The van der Waals surface area contributed by atoms with Crippen LogP contribution < -0.4 is 0 Å². The van der Waals surface area contributed by atoms with Gasteiger partial charge < -0.3 is 0 Å². The molecule has 0 amide bonds. The van der Waals surface area contributed by atoms with Gasteiger partial charge in [-0.2, -0.15) is 0 Å². The molecule has 0 heterocycles. The van der Waals surface area contributed by atoms with E-state index in [1.807, 2.05) is 85.0 Å². The van der Waals surface area contributed by atoms with Crippen LogP contribution in [0.4, 0.5) is 26.3 Å². The molecule has 0 N–H and O–H groups in total. The van der Waals surface area contributed by atoms with Gasteiger partial charge in [0.1, 0.15) is 0 Å². The summed E-state index contributed by atoms with van der Waals surface area (Å²) in [7, 11) is 17.5. The predicted octanol–water partition coefficient (Wildman–Crippen LogP) is 16.9. The SMILES string of the molecule is CC(C)(C)c1cc2c(cc1-c1ccccc1)[CH]([Zr]([Cl])([Cl])(=[C](c1cccc(C(F)(F)F)c1)c1cccc(C(F)(F)F)c1)[CH]1C=CC=C1)c1cc(-c3ccccc3)c(C(C)(C)C)cc1-2. The van der Waals surface area contributed by atoms with Gasteiger partial charge in [-0.3, -0.25) is 0 Å². The van der Waals surface area contributed by atoms with Crippen molar-refractivity contribution < 1.29 is 42.3 Å². The summed E-state index contributed by atoms with van der Waals surface area (Å²) in [5.74, 6) is 0. The van der Waals surface area contributed by atoms with Crippen LogP contribution in [-0.2, 0) is 39.1 Å². The van der Waals surface area contributed by atoms with Crippen molar-refractivity contribution in [3.63, 3.8) is 0 Å². The summed E-state index contributed by atoms with van der Waals surface area (Å²) >= 11 is -6.56. The number of rotatable bonds is 6. The predicted molar refractivity (Wildman–Crippen MR) is 242 cm³/mol. The Balaban J connectivity index is 1.64. The van der Waals surface area contributed by atoms with Crippen molar-refractivity contribution in [1.29, 1.82) is 0 Å². The molecule has 0 atom stereocenters. The standard InChI is InChI=1S/C33H33.C15H8F6.C5H5.2ClH.Zr/c1-32(2,3)30-20-26-24(18-28(30)22-13-9-7-10-14-22)17-25-19-29(23-15-11-8-12-16-23)31(21-27(25)26)33(4,5)6;16-14(17,18)12-5-1-3-10(8-12)7-11-4-2-6-13(9-11)15(19,20)21;1-2-4-5-3-1;;;/h7-21H,1-6H3;1-6,8-9H;1-5H;2*1H;/q;;;;;+2/p-2. The van der Waals surface area contributed by atoms with Crippen LogP contribution in [0.3, 0.4) is 0 Å². The first-order valence-corrected chi connectivity index (χ1v) is 31.0. The molecule has 8 rings (SSSR count). The van der Waals surface area contributed by atoms with Crippen molar-refractivity contribution in [2.75, 3.05) is 0 Å². The van der Waals surface area contributed by atoms with Gasteiger partial charge in [0.15, 0.2) is 0 Å². The van der Waals surface area contributed by atoms with Crippen LogP contribution in [0.1, 0.15) is 89.7 Å². The van der Waals surface area contributed by atoms with Crippen molar-refractivity contribution in [3.05, 3.63) is 202 Å². The fourth-order valence-electron chi connectivity index (χ4n) is 9.58. The van der Waals surface area contributed by atoms with Gasteiger partial charge in [-0.05, 0) is 0 Å². The molecule has 0 aliphatic heterocycles. The second kappa shape index (κ2) is 15.5. The zero-order valence-electron chi connectivity index (χ0n) is 35.2. The Hall–Kier alpha value is -4.29. The number of alkyl halides is 6. The van der Waals surface area contributed by atoms with E-state index in [0.29, 0.717) is 0 Å². The fraction of sp³-hybridized carbons (Fsp3) is 0.226. The average Bonchev–Trinajstić information content (AvgIpc) is 3.88. The Labute approximate surface area is 367 Å². The zero-order chi connectivity index (χ0) is 44.6. The van der Waals surface area contributed by atoms with Gasteiger partial charge in [-0.1, -0.05) is 0 Å². The summed E-state index contributed by atoms with van der Waals surface area (Å²) in [4.78, 5) is 0. The summed E-state index contributed by atoms with van der Waals surface area (Å²) in [6.07, 6.45) is -2.17. The third-order valence-electron chi connectivity index (χ3n) is 12.4. The Kier molecular flexibility index (Phi) is 11.1. The van der Waals surface area contributed by atoms with Gasteiger partial charge in [0.2, 0.25) is 0 Å². The first kappa shape index (κ1) is 44.3. The van der Waals surface area contributed by atoms with Gasteiger partial charge in [0, 0.05) is 0 Å². The van der Waals surface area contributed by atoms with E-state index in [1.54, 1.807) is 0 Å². The molecule has 0 radical (unpaired) electrons. The van der Waals surface area contributed by atoms with Crippen LogP contribution in [0.5, 0.6) is 0 Å². The Morgan fingerprint density at radius 2 is 0.855 bits per heavy atom. The van der Waals surface area contributed by atoms with Crippen LogP contribution in [0.25, 0.3) is 33.4 Å². The Bertz CT molecular complexity index is 2670. The van der Waals surface area contributed by atoms with Crippen molar-refractivity contribution in [3.8, 4) is 33.4 Å². The second-order valence-corrected chi connectivity index (χ2v) is 39.3. The minimum atomic E-state index is -6.56. The number of halogens is 8. The first-order chi connectivity index (χ1) is 29.0. The number of hydrogen-bond acceptors (Lipinski definition) is 0. The molecular weight excluding hydrogens is 913 g/mol. The third-order valence-corrected chi connectivity index (χ3v) is 32.0. The third kappa shape index (κ3) is 7.75. The average molecular weight is 959 g/mol. The maximum absolute atomic E-state index is 14.7. The van der Waals surface area contributed by atoms with Crippen LogP contribution in [0.2, 0.25) is 3.63 Å². The van der Waals surface area contributed by atoms with E-state index in [-0.39, 0.29) is 25.2 Å². The van der Waals surface area contributed by atoms with Gasteiger partial charge in [-0.25, -0.2) is 0 Å². The Morgan fingerprint density at radius 3 is 1.21 bits per heavy atom. The van der Waals surface area contributed by atoms with Crippen molar-refractivity contribution in [2.45, 2.75) is 72.0 Å². The molecule has 6 aromatic carbocycles. The fourth-order valence-corrected chi connectivity index (χ4v) is 28.9. The normalized spacial score (nSPS) is 15.0. The summed E-state index contributed by atoms with van der Waals surface area (Å²) in [5, 5.41) is 0. The molecule has 6 aromatic rings. The van der Waals surface area contributed by atoms with Gasteiger partial charge in [0.05, 0.1) is 0 Å². The zero-order valence-corrected chi connectivity index (χ0v) is 39.2. The Morgan fingerprint density at radius 1 is 0.468 bits per heavy atom. The molecule has 0 saturated carbocycles. The van der Waals surface area contributed by atoms with Gasteiger partial charge in [-0.15, -0.1) is 0 Å². The molecule has 2 aliphatic carbocycles. The monoisotopic (exact) mass is 956 g/mol.